The standard InChI is InChI=1S/C17H18S/c1-3-7-14(8-4-1)11-12-15-13-17(15)18-16-9-5-2-6-10-16/h1-10,15,17H,11-13H2. The highest BCUT2D eigenvalue weighted by Crippen LogP contribution is 2.47. The van der Waals surface area contributed by atoms with Gasteiger partial charge in [0.25, 0.3) is 0 Å². The van der Waals surface area contributed by atoms with Crippen LogP contribution in [0.25, 0.3) is 0 Å². The van der Waals surface area contributed by atoms with Gasteiger partial charge in [-0.3, -0.25) is 0 Å². The topological polar surface area (TPSA) is 0 Å². The maximum atomic E-state index is 2.24. The Bertz CT molecular complexity index is 477. The molecule has 0 aliphatic heterocycles. The third-order valence-electron chi connectivity index (χ3n) is 3.54. The van der Waals surface area contributed by atoms with E-state index in [4.69, 9.17) is 0 Å². The third-order valence-corrected chi connectivity index (χ3v) is 4.96. The Kier molecular flexibility index (Phi) is 3.70. The van der Waals surface area contributed by atoms with Crippen molar-refractivity contribution in [3.05, 3.63) is 66.2 Å². The Morgan fingerprint density at radius 1 is 0.889 bits per heavy atom. The Hall–Kier alpha value is -1.21. The average molecular weight is 254 g/mol. The molecule has 0 aromatic heterocycles. The number of hydrogen-bond acceptors (Lipinski definition) is 1. The second kappa shape index (κ2) is 5.62. The first-order chi connectivity index (χ1) is 8.92. The van der Waals surface area contributed by atoms with Gasteiger partial charge in [-0.05, 0) is 42.9 Å². The van der Waals surface area contributed by atoms with Crippen LogP contribution >= 0.6 is 11.8 Å². The lowest BCUT2D eigenvalue weighted by atomic mass is 10.1. The second-order valence-corrected chi connectivity index (χ2v) is 6.30. The van der Waals surface area contributed by atoms with Gasteiger partial charge in [0.05, 0.1) is 0 Å². The Labute approximate surface area is 113 Å². The van der Waals surface area contributed by atoms with E-state index in [-0.39, 0.29) is 0 Å². The Morgan fingerprint density at radius 2 is 1.56 bits per heavy atom. The van der Waals surface area contributed by atoms with E-state index in [2.05, 4.69) is 72.4 Å². The van der Waals surface area contributed by atoms with Gasteiger partial charge in [-0.15, -0.1) is 11.8 Å². The number of hydrogen-bond donors (Lipinski definition) is 0. The highest BCUT2D eigenvalue weighted by molar-refractivity contribution is 8.00. The number of benzene rings is 2. The first-order valence-corrected chi connectivity index (χ1v) is 7.55. The van der Waals surface area contributed by atoms with Gasteiger partial charge < -0.3 is 0 Å². The van der Waals surface area contributed by atoms with Crippen LogP contribution < -0.4 is 0 Å². The van der Waals surface area contributed by atoms with Crippen molar-refractivity contribution in [1.82, 2.24) is 0 Å². The van der Waals surface area contributed by atoms with Crippen molar-refractivity contribution < 1.29 is 0 Å². The van der Waals surface area contributed by atoms with Gasteiger partial charge in [-0.1, -0.05) is 48.5 Å². The van der Waals surface area contributed by atoms with E-state index in [1.54, 1.807) is 0 Å². The van der Waals surface area contributed by atoms with Crippen molar-refractivity contribution in [1.29, 1.82) is 0 Å². The van der Waals surface area contributed by atoms with E-state index in [0.29, 0.717) is 0 Å². The zero-order valence-corrected chi connectivity index (χ0v) is 11.3. The molecule has 0 N–H and O–H groups in total. The molecule has 2 atom stereocenters. The monoisotopic (exact) mass is 254 g/mol. The summed E-state index contributed by atoms with van der Waals surface area (Å²) in [5.74, 6) is 0.926. The molecule has 1 aliphatic rings. The van der Waals surface area contributed by atoms with E-state index in [1.807, 2.05) is 0 Å². The normalized spacial score (nSPS) is 21.8. The van der Waals surface area contributed by atoms with Crippen LogP contribution in [-0.2, 0) is 6.42 Å². The van der Waals surface area contributed by atoms with Gasteiger partial charge in [0.2, 0.25) is 0 Å². The largest absolute Gasteiger partial charge is 0.122 e. The maximum Gasteiger partial charge on any atom is 0.0126 e. The molecule has 1 heteroatoms. The van der Waals surface area contributed by atoms with Crippen molar-refractivity contribution in [2.45, 2.75) is 29.4 Å². The summed E-state index contributed by atoms with van der Waals surface area (Å²) in [6, 6.07) is 21.6. The Balaban J connectivity index is 1.45. The number of rotatable bonds is 5. The summed E-state index contributed by atoms with van der Waals surface area (Å²) in [5, 5.41) is 0.858. The van der Waals surface area contributed by atoms with Crippen LogP contribution in [0.4, 0.5) is 0 Å². The van der Waals surface area contributed by atoms with Crippen LogP contribution in [0.1, 0.15) is 18.4 Å². The minimum absolute atomic E-state index is 0.858. The molecule has 92 valence electrons. The summed E-state index contributed by atoms with van der Waals surface area (Å²) in [7, 11) is 0. The van der Waals surface area contributed by atoms with Crippen molar-refractivity contribution in [2.24, 2.45) is 5.92 Å². The summed E-state index contributed by atoms with van der Waals surface area (Å²) in [5.41, 5.74) is 1.48. The van der Waals surface area contributed by atoms with Gasteiger partial charge >= 0.3 is 0 Å². The molecule has 1 fully saturated rings. The molecular weight excluding hydrogens is 236 g/mol. The molecule has 2 unspecified atom stereocenters. The summed E-state index contributed by atoms with van der Waals surface area (Å²) in [6.45, 7) is 0. The summed E-state index contributed by atoms with van der Waals surface area (Å²) >= 11 is 2.05. The first kappa shape index (κ1) is 11.9. The van der Waals surface area contributed by atoms with Gasteiger partial charge in [0.1, 0.15) is 0 Å². The smallest absolute Gasteiger partial charge is 0.0126 e. The summed E-state index contributed by atoms with van der Waals surface area (Å²) < 4.78 is 0. The molecular formula is C17H18S. The molecule has 0 saturated heterocycles. The molecule has 1 saturated carbocycles. The van der Waals surface area contributed by atoms with E-state index >= 15 is 0 Å². The molecule has 2 aromatic carbocycles. The molecule has 0 amide bonds. The second-order valence-electron chi connectivity index (χ2n) is 4.99. The molecule has 2 aromatic rings. The number of aryl methyl sites for hydroxylation is 1. The molecule has 1 aliphatic carbocycles. The van der Waals surface area contributed by atoms with Crippen molar-refractivity contribution in [3.63, 3.8) is 0 Å². The molecule has 3 rings (SSSR count). The first-order valence-electron chi connectivity index (χ1n) is 6.67. The summed E-state index contributed by atoms with van der Waals surface area (Å²) in [4.78, 5) is 1.42. The van der Waals surface area contributed by atoms with Crippen LogP contribution in [0, 0.1) is 5.92 Å². The van der Waals surface area contributed by atoms with Crippen LogP contribution in [0.2, 0.25) is 0 Å². The van der Waals surface area contributed by atoms with Crippen molar-refractivity contribution >= 4 is 11.8 Å². The molecule has 0 bridgehead atoms. The van der Waals surface area contributed by atoms with E-state index in [1.165, 1.54) is 29.7 Å². The minimum Gasteiger partial charge on any atom is -0.122 e. The Morgan fingerprint density at radius 3 is 2.28 bits per heavy atom. The fourth-order valence-electron chi connectivity index (χ4n) is 2.34. The van der Waals surface area contributed by atoms with Crippen molar-refractivity contribution in [2.75, 3.05) is 0 Å². The van der Waals surface area contributed by atoms with Crippen LogP contribution in [0.5, 0.6) is 0 Å². The fourth-order valence-corrected chi connectivity index (χ4v) is 3.67. The highest BCUT2D eigenvalue weighted by atomic mass is 32.2. The quantitative estimate of drug-likeness (QED) is 0.738. The fraction of sp³-hybridized carbons (Fsp3) is 0.294. The average Bonchev–Trinajstić information content (AvgIpc) is 3.17. The van der Waals surface area contributed by atoms with Gasteiger partial charge in [0.15, 0.2) is 0 Å². The summed E-state index contributed by atoms with van der Waals surface area (Å²) in [6.07, 6.45) is 3.97. The molecule has 18 heavy (non-hydrogen) atoms. The lowest BCUT2D eigenvalue weighted by Gasteiger charge is -2.02. The predicted octanol–water partition coefficient (Wildman–Crippen LogP) is 4.80. The minimum atomic E-state index is 0.858. The van der Waals surface area contributed by atoms with Crippen LogP contribution in [0.3, 0.4) is 0 Å². The van der Waals surface area contributed by atoms with Gasteiger partial charge in [0, 0.05) is 10.1 Å². The SMILES string of the molecule is c1ccc(CCC2CC2Sc2ccccc2)cc1. The predicted molar refractivity (Wildman–Crippen MR) is 79.0 cm³/mol. The van der Waals surface area contributed by atoms with E-state index < -0.39 is 0 Å². The lowest BCUT2D eigenvalue weighted by molar-refractivity contribution is 0.729. The van der Waals surface area contributed by atoms with Gasteiger partial charge in [-0.25, -0.2) is 0 Å². The van der Waals surface area contributed by atoms with Crippen LogP contribution in [0.15, 0.2) is 65.6 Å². The molecule has 0 heterocycles. The zero-order chi connectivity index (χ0) is 12.2. The maximum absolute atomic E-state index is 2.24. The molecule has 0 radical (unpaired) electrons. The van der Waals surface area contributed by atoms with Crippen LogP contribution in [-0.4, -0.2) is 5.25 Å². The van der Waals surface area contributed by atoms with E-state index in [9.17, 15) is 0 Å². The molecule has 0 nitrogen and oxygen atoms in total. The van der Waals surface area contributed by atoms with E-state index in [0.717, 1.165) is 11.2 Å². The third kappa shape index (κ3) is 3.17. The number of thioether (sulfide) groups is 1. The van der Waals surface area contributed by atoms with Crippen molar-refractivity contribution in [3.8, 4) is 0 Å². The highest BCUT2D eigenvalue weighted by Gasteiger charge is 2.36. The zero-order valence-electron chi connectivity index (χ0n) is 10.5. The molecule has 0 spiro atoms. The lowest BCUT2D eigenvalue weighted by Crippen LogP contribution is -1.89. The van der Waals surface area contributed by atoms with Gasteiger partial charge in [-0.2, -0.15) is 0 Å².